The first-order valence-electron chi connectivity index (χ1n) is 9.31. The summed E-state index contributed by atoms with van der Waals surface area (Å²) in [6, 6.07) is 7.99. The molecule has 1 aliphatic carbocycles. The number of halogens is 1. The second-order valence-corrected chi connectivity index (χ2v) is 8.15. The van der Waals surface area contributed by atoms with Gasteiger partial charge in [0.15, 0.2) is 0 Å². The number of amides is 1. The Morgan fingerprint density at radius 3 is 2.88 bits per heavy atom. The average Bonchev–Trinajstić information content (AvgIpc) is 3.40. The maximum atomic E-state index is 12.7. The first-order valence-corrected chi connectivity index (χ1v) is 10.1. The van der Waals surface area contributed by atoms with Gasteiger partial charge in [0, 0.05) is 30.5 Å². The van der Waals surface area contributed by atoms with Gasteiger partial charge in [0.1, 0.15) is 5.82 Å². The van der Waals surface area contributed by atoms with Gasteiger partial charge >= 0.3 is 5.69 Å². The van der Waals surface area contributed by atoms with Crippen LogP contribution in [0.5, 0.6) is 0 Å². The molecule has 1 fully saturated rings. The van der Waals surface area contributed by atoms with E-state index in [-0.39, 0.29) is 17.0 Å². The van der Waals surface area contributed by atoms with Gasteiger partial charge in [0.05, 0.1) is 5.41 Å². The van der Waals surface area contributed by atoms with E-state index in [0.29, 0.717) is 19.5 Å². The summed E-state index contributed by atoms with van der Waals surface area (Å²) < 4.78 is 4.33. The van der Waals surface area contributed by atoms with E-state index in [2.05, 4.69) is 26.3 Å². The van der Waals surface area contributed by atoms with Crippen LogP contribution in [-0.4, -0.2) is 26.8 Å². The van der Waals surface area contributed by atoms with Crippen LogP contribution in [0.4, 0.5) is 0 Å². The minimum absolute atomic E-state index is 0.0150. The normalized spacial score (nSPS) is 17.6. The SMILES string of the molecule is O=C(NCCCn1nc2n(c1=O)CCCC2)C1(c2cccc(Br)c2)CC1. The largest absolute Gasteiger partial charge is 0.355 e. The lowest BCUT2D eigenvalue weighted by Crippen LogP contribution is -2.36. The Morgan fingerprint density at radius 2 is 2.15 bits per heavy atom. The molecule has 0 bridgehead atoms. The third-order valence-electron chi connectivity index (χ3n) is 5.43. The Morgan fingerprint density at radius 1 is 1.31 bits per heavy atom. The van der Waals surface area contributed by atoms with Crippen molar-refractivity contribution in [2.75, 3.05) is 6.54 Å². The van der Waals surface area contributed by atoms with Crippen molar-refractivity contribution in [3.8, 4) is 0 Å². The summed E-state index contributed by atoms with van der Waals surface area (Å²) in [5, 5.41) is 7.49. The molecule has 2 heterocycles. The van der Waals surface area contributed by atoms with Gasteiger partial charge in [0.25, 0.3) is 0 Å². The molecule has 1 saturated carbocycles. The van der Waals surface area contributed by atoms with E-state index in [1.807, 2.05) is 24.3 Å². The highest BCUT2D eigenvalue weighted by Crippen LogP contribution is 2.48. The number of aryl methyl sites for hydroxylation is 2. The van der Waals surface area contributed by atoms with Gasteiger partial charge in [-0.25, -0.2) is 9.48 Å². The molecule has 26 heavy (non-hydrogen) atoms. The zero-order chi connectivity index (χ0) is 18.1. The maximum absolute atomic E-state index is 12.7. The van der Waals surface area contributed by atoms with Crippen LogP contribution in [0, 0.1) is 0 Å². The van der Waals surface area contributed by atoms with Crippen LogP contribution in [0.15, 0.2) is 33.5 Å². The van der Waals surface area contributed by atoms with E-state index in [0.717, 1.165) is 54.5 Å². The van der Waals surface area contributed by atoms with E-state index in [4.69, 9.17) is 0 Å². The highest BCUT2D eigenvalue weighted by atomic mass is 79.9. The van der Waals surface area contributed by atoms with E-state index >= 15 is 0 Å². The van der Waals surface area contributed by atoms with Gasteiger partial charge in [-0.15, -0.1) is 0 Å². The lowest BCUT2D eigenvalue weighted by atomic mass is 9.95. The number of nitrogens with one attached hydrogen (secondary N) is 1. The topological polar surface area (TPSA) is 68.9 Å². The zero-order valence-electron chi connectivity index (χ0n) is 14.7. The highest BCUT2D eigenvalue weighted by molar-refractivity contribution is 9.10. The van der Waals surface area contributed by atoms with E-state index < -0.39 is 0 Å². The predicted molar refractivity (Wildman–Crippen MR) is 102 cm³/mol. The molecule has 1 aliphatic heterocycles. The van der Waals surface area contributed by atoms with Gasteiger partial charge < -0.3 is 5.32 Å². The smallest absolute Gasteiger partial charge is 0.345 e. The Hall–Kier alpha value is -1.89. The lowest BCUT2D eigenvalue weighted by Gasteiger charge is -2.16. The molecule has 1 aromatic heterocycles. The van der Waals surface area contributed by atoms with Crippen molar-refractivity contribution in [2.24, 2.45) is 0 Å². The molecule has 0 saturated heterocycles. The molecule has 0 atom stereocenters. The van der Waals surface area contributed by atoms with Crippen molar-refractivity contribution in [2.45, 2.75) is 57.0 Å². The molecule has 7 heteroatoms. The van der Waals surface area contributed by atoms with Crippen molar-refractivity contribution >= 4 is 21.8 Å². The first kappa shape index (κ1) is 17.5. The maximum Gasteiger partial charge on any atom is 0.345 e. The monoisotopic (exact) mass is 418 g/mol. The van der Waals surface area contributed by atoms with Gasteiger partial charge in [-0.3, -0.25) is 9.36 Å². The Bertz CT molecular complexity index is 882. The van der Waals surface area contributed by atoms with E-state index in [1.54, 1.807) is 9.25 Å². The number of carbonyl (C=O) groups excluding carboxylic acids is 1. The molecule has 0 radical (unpaired) electrons. The molecule has 0 spiro atoms. The summed E-state index contributed by atoms with van der Waals surface area (Å²) in [5.41, 5.74) is 0.690. The second-order valence-electron chi connectivity index (χ2n) is 7.23. The minimum atomic E-state index is -0.367. The molecule has 1 N–H and O–H groups in total. The third-order valence-corrected chi connectivity index (χ3v) is 5.92. The Kier molecular flexibility index (Phi) is 4.73. The Labute approximate surface area is 160 Å². The van der Waals surface area contributed by atoms with Crippen molar-refractivity contribution in [1.29, 1.82) is 0 Å². The number of hydrogen-bond donors (Lipinski definition) is 1. The number of fused-ring (bicyclic) bond motifs is 1. The van der Waals surface area contributed by atoms with Crippen molar-refractivity contribution in [3.05, 3.63) is 50.6 Å². The number of benzene rings is 1. The van der Waals surface area contributed by atoms with Crippen LogP contribution in [0.3, 0.4) is 0 Å². The fraction of sp³-hybridized carbons (Fsp3) is 0.526. The zero-order valence-corrected chi connectivity index (χ0v) is 16.3. The number of nitrogens with zero attached hydrogens (tertiary/aromatic N) is 3. The molecular formula is C19H23BrN4O2. The molecular weight excluding hydrogens is 396 g/mol. The second kappa shape index (κ2) is 7.02. The lowest BCUT2D eigenvalue weighted by molar-refractivity contribution is -0.123. The Balaban J connectivity index is 1.32. The van der Waals surface area contributed by atoms with Crippen LogP contribution in [0.2, 0.25) is 0 Å². The molecule has 2 aliphatic rings. The number of carbonyl (C=O) groups is 1. The number of hydrogen-bond acceptors (Lipinski definition) is 3. The summed E-state index contributed by atoms with van der Waals surface area (Å²) in [7, 11) is 0. The van der Waals surface area contributed by atoms with Crippen LogP contribution in [0.25, 0.3) is 0 Å². The molecule has 0 unspecified atom stereocenters. The molecule has 2 aromatic rings. The van der Waals surface area contributed by atoms with Crippen LogP contribution >= 0.6 is 15.9 Å². The first-order chi connectivity index (χ1) is 12.6. The highest BCUT2D eigenvalue weighted by Gasteiger charge is 2.51. The molecule has 1 amide bonds. The summed E-state index contributed by atoms with van der Waals surface area (Å²) in [6.45, 7) is 1.88. The molecule has 1 aromatic carbocycles. The molecule has 138 valence electrons. The summed E-state index contributed by atoms with van der Waals surface area (Å²) >= 11 is 3.48. The predicted octanol–water partition coefficient (Wildman–Crippen LogP) is 2.38. The van der Waals surface area contributed by atoms with E-state index in [9.17, 15) is 9.59 Å². The fourth-order valence-corrected chi connectivity index (χ4v) is 4.15. The molecule has 4 rings (SSSR count). The van der Waals surface area contributed by atoms with Crippen LogP contribution < -0.4 is 11.0 Å². The van der Waals surface area contributed by atoms with Gasteiger partial charge in [-0.05, 0) is 49.8 Å². The molecule has 6 nitrogen and oxygen atoms in total. The van der Waals surface area contributed by atoms with Crippen molar-refractivity contribution < 1.29 is 4.79 Å². The van der Waals surface area contributed by atoms with Crippen molar-refractivity contribution in [3.63, 3.8) is 0 Å². The fourth-order valence-electron chi connectivity index (χ4n) is 3.75. The standard InChI is InChI=1S/C19H23BrN4O2/c20-15-6-3-5-14(13-15)19(8-9-19)17(25)21-10-4-12-24-18(26)23-11-2-1-7-16(23)22-24/h3,5-6,13H,1-2,4,7-12H2,(H,21,25). The van der Waals surface area contributed by atoms with Gasteiger partial charge in [0.2, 0.25) is 5.91 Å². The third kappa shape index (κ3) is 3.24. The summed E-state index contributed by atoms with van der Waals surface area (Å²) in [5.74, 6) is 0.990. The minimum Gasteiger partial charge on any atom is -0.355 e. The summed E-state index contributed by atoms with van der Waals surface area (Å²) in [4.78, 5) is 25.0. The quantitative estimate of drug-likeness (QED) is 0.732. The summed E-state index contributed by atoms with van der Waals surface area (Å²) in [6.07, 6.45) is 5.52. The van der Waals surface area contributed by atoms with Crippen LogP contribution in [-0.2, 0) is 29.7 Å². The number of aromatic nitrogens is 3. The van der Waals surface area contributed by atoms with Gasteiger partial charge in [-0.1, -0.05) is 28.1 Å². The van der Waals surface area contributed by atoms with Gasteiger partial charge in [-0.2, -0.15) is 5.10 Å². The number of rotatable bonds is 6. The van der Waals surface area contributed by atoms with Crippen molar-refractivity contribution in [1.82, 2.24) is 19.7 Å². The van der Waals surface area contributed by atoms with Crippen LogP contribution in [0.1, 0.15) is 43.5 Å². The average molecular weight is 419 g/mol. The van der Waals surface area contributed by atoms with E-state index in [1.165, 1.54) is 0 Å².